The second-order valence-corrected chi connectivity index (χ2v) is 9.53. The van der Waals surface area contributed by atoms with Crippen LogP contribution in [0, 0.1) is 5.82 Å². The third kappa shape index (κ3) is 8.89. The van der Waals surface area contributed by atoms with Crippen LogP contribution >= 0.6 is 11.6 Å². The van der Waals surface area contributed by atoms with Gasteiger partial charge in [0.15, 0.2) is 17.3 Å². The molecule has 0 amide bonds. The summed E-state index contributed by atoms with van der Waals surface area (Å²) in [6.45, 7) is 2.61. The van der Waals surface area contributed by atoms with Crippen molar-refractivity contribution in [2.24, 2.45) is 0 Å². The van der Waals surface area contributed by atoms with E-state index in [0.717, 1.165) is 18.6 Å². The van der Waals surface area contributed by atoms with E-state index in [-0.39, 0.29) is 27.9 Å². The molecule has 0 spiro atoms. The van der Waals surface area contributed by atoms with Gasteiger partial charge >= 0.3 is 20.2 Å². The van der Waals surface area contributed by atoms with Crippen molar-refractivity contribution in [3.05, 3.63) is 58.4 Å². The number of hydrogen-bond acceptors (Lipinski definition) is 8. The summed E-state index contributed by atoms with van der Waals surface area (Å²) in [5.41, 5.74) is 0.303. The fourth-order valence-electron chi connectivity index (χ4n) is 1.96. The van der Waals surface area contributed by atoms with Crippen LogP contribution in [-0.4, -0.2) is 40.9 Å². The predicted molar refractivity (Wildman–Crippen MR) is 109 cm³/mol. The van der Waals surface area contributed by atoms with Crippen molar-refractivity contribution in [1.29, 1.82) is 0 Å². The molecule has 164 valence electrons. The lowest BCUT2D eigenvalue weighted by atomic mass is 10.1. The lowest BCUT2D eigenvalue weighted by Crippen LogP contribution is -2.06. The molecule has 0 aromatic heterocycles. The zero-order valence-corrected chi connectivity index (χ0v) is 18.7. The molecule has 0 fully saturated rings. The summed E-state index contributed by atoms with van der Waals surface area (Å²) in [5.74, 6) is -1.52. The van der Waals surface area contributed by atoms with Crippen molar-refractivity contribution in [1.82, 2.24) is 0 Å². The highest BCUT2D eigenvalue weighted by Crippen LogP contribution is 2.26. The van der Waals surface area contributed by atoms with Gasteiger partial charge in [-0.2, -0.15) is 16.8 Å². The maximum Gasteiger partial charge on any atom is 0.306 e. The number of carbonyl (C=O) groups excluding carboxylic acids is 2. The summed E-state index contributed by atoms with van der Waals surface area (Å²) < 4.78 is 65.3. The largest absolute Gasteiger partial charge is 0.382 e. The Morgan fingerprint density at radius 3 is 1.83 bits per heavy atom. The Kier molecular flexibility index (Phi) is 8.52. The standard InChI is InChI=1S/C9H9ClO4S.C9H9FO4S/c1-6(11)7-3-4-9(8(10)5-7)14-15(2,12)13;1-6(11)8-4-3-7(5-9(8)10)14-15(2,12)13/h2*3-5H,1-2H3. The minimum atomic E-state index is -3.68. The summed E-state index contributed by atoms with van der Waals surface area (Å²) in [5, 5.41) is 0.0909. The van der Waals surface area contributed by atoms with E-state index in [9.17, 15) is 30.8 Å². The third-order valence-electron chi connectivity index (χ3n) is 3.15. The molecule has 0 atom stereocenters. The SMILES string of the molecule is CC(=O)c1ccc(OS(C)(=O)=O)c(Cl)c1.CC(=O)c1ccc(OS(C)(=O)=O)cc1F. The lowest BCUT2D eigenvalue weighted by molar-refractivity contribution is 0.100. The number of hydrogen-bond donors (Lipinski definition) is 0. The van der Waals surface area contributed by atoms with Crippen molar-refractivity contribution < 1.29 is 39.2 Å². The summed E-state index contributed by atoms with van der Waals surface area (Å²) >= 11 is 5.74. The quantitative estimate of drug-likeness (QED) is 0.456. The Morgan fingerprint density at radius 2 is 1.43 bits per heavy atom. The molecule has 0 aliphatic carbocycles. The molecule has 0 radical (unpaired) electrons. The van der Waals surface area contributed by atoms with Crippen LogP contribution in [0.3, 0.4) is 0 Å². The molecule has 2 aromatic carbocycles. The third-order valence-corrected chi connectivity index (χ3v) is 4.42. The van der Waals surface area contributed by atoms with Crippen LogP contribution in [-0.2, 0) is 20.2 Å². The minimum Gasteiger partial charge on any atom is -0.382 e. The Morgan fingerprint density at radius 1 is 0.867 bits per heavy atom. The van der Waals surface area contributed by atoms with Crippen molar-refractivity contribution in [3.63, 3.8) is 0 Å². The van der Waals surface area contributed by atoms with Crippen molar-refractivity contribution in [3.8, 4) is 11.5 Å². The van der Waals surface area contributed by atoms with Gasteiger partial charge in [-0.3, -0.25) is 9.59 Å². The summed E-state index contributed by atoms with van der Waals surface area (Å²) in [6.07, 6.45) is 1.77. The van der Waals surface area contributed by atoms with Gasteiger partial charge in [-0.05, 0) is 44.2 Å². The van der Waals surface area contributed by atoms with Crippen LogP contribution in [0.15, 0.2) is 36.4 Å². The summed E-state index contributed by atoms with van der Waals surface area (Å²) in [7, 11) is -7.28. The average Bonchev–Trinajstić information content (AvgIpc) is 2.54. The van der Waals surface area contributed by atoms with Gasteiger partial charge in [0.2, 0.25) is 0 Å². The molecule has 0 aliphatic rings. The molecule has 12 heteroatoms. The first-order valence-corrected chi connectivity index (χ1v) is 12.0. The van der Waals surface area contributed by atoms with Gasteiger partial charge in [-0.15, -0.1) is 0 Å². The van der Waals surface area contributed by atoms with Crippen LogP contribution in [0.1, 0.15) is 34.6 Å². The minimum absolute atomic E-state index is 0.0177. The highest BCUT2D eigenvalue weighted by molar-refractivity contribution is 7.86. The maximum absolute atomic E-state index is 13.2. The van der Waals surface area contributed by atoms with Gasteiger partial charge in [-0.1, -0.05) is 11.6 Å². The second-order valence-electron chi connectivity index (χ2n) is 5.97. The van der Waals surface area contributed by atoms with E-state index in [0.29, 0.717) is 5.56 Å². The van der Waals surface area contributed by atoms with Gasteiger partial charge in [0.25, 0.3) is 0 Å². The normalized spacial score (nSPS) is 11.1. The summed E-state index contributed by atoms with van der Waals surface area (Å²) in [4.78, 5) is 21.8. The molecule has 2 aromatic rings. The monoisotopic (exact) mass is 480 g/mol. The van der Waals surface area contributed by atoms with E-state index in [1.807, 2.05) is 0 Å². The van der Waals surface area contributed by atoms with E-state index in [1.54, 1.807) is 0 Å². The van der Waals surface area contributed by atoms with Crippen LogP contribution in [0.4, 0.5) is 4.39 Å². The number of benzene rings is 2. The first kappa shape index (κ1) is 25.5. The fraction of sp³-hybridized carbons (Fsp3) is 0.222. The van der Waals surface area contributed by atoms with Crippen molar-refractivity contribution in [2.75, 3.05) is 12.5 Å². The molecule has 8 nitrogen and oxygen atoms in total. The zero-order valence-electron chi connectivity index (χ0n) is 16.3. The average molecular weight is 481 g/mol. The fourth-order valence-corrected chi connectivity index (χ4v) is 3.15. The molecular weight excluding hydrogens is 463 g/mol. The first-order valence-electron chi connectivity index (χ1n) is 7.99. The van der Waals surface area contributed by atoms with Crippen LogP contribution in [0.5, 0.6) is 11.5 Å². The lowest BCUT2D eigenvalue weighted by Gasteiger charge is -2.05. The highest BCUT2D eigenvalue weighted by atomic mass is 35.5. The molecule has 0 heterocycles. The number of halogens is 2. The van der Waals surface area contributed by atoms with Gasteiger partial charge in [-0.25, -0.2) is 4.39 Å². The van der Waals surface area contributed by atoms with Crippen LogP contribution in [0.2, 0.25) is 5.02 Å². The molecular formula is C18H18ClFO8S2. The smallest absolute Gasteiger partial charge is 0.306 e. The Hall–Kier alpha value is -2.50. The number of Topliss-reactive ketones (excluding diaryl/α,β-unsaturated/α-hetero) is 2. The molecule has 30 heavy (non-hydrogen) atoms. The van der Waals surface area contributed by atoms with Crippen molar-refractivity contribution in [2.45, 2.75) is 13.8 Å². The number of rotatable bonds is 6. The van der Waals surface area contributed by atoms with Crippen LogP contribution < -0.4 is 8.37 Å². The summed E-state index contributed by atoms with van der Waals surface area (Å²) in [6, 6.07) is 7.43. The zero-order chi connectivity index (χ0) is 23.3. The van der Waals surface area contributed by atoms with Crippen molar-refractivity contribution >= 4 is 43.4 Å². The van der Waals surface area contributed by atoms with E-state index in [2.05, 4.69) is 8.37 Å². The Labute approximate surface area is 178 Å². The second kappa shape index (κ2) is 10.0. The molecule has 0 saturated heterocycles. The predicted octanol–water partition coefficient (Wildman–Crippen LogP) is 3.25. The Bertz CT molecular complexity index is 1170. The molecule has 0 bridgehead atoms. The highest BCUT2D eigenvalue weighted by Gasteiger charge is 2.11. The van der Waals surface area contributed by atoms with E-state index >= 15 is 0 Å². The first-order chi connectivity index (χ1) is 13.6. The van der Waals surface area contributed by atoms with E-state index < -0.39 is 31.8 Å². The van der Waals surface area contributed by atoms with Gasteiger partial charge < -0.3 is 8.37 Å². The maximum atomic E-state index is 13.2. The van der Waals surface area contributed by atoms with Gasteiger partial charge in [0.05, 0.1) is 23.1 Å². The van der Waals surface area contributed by atoms with E-state index in [4.69, 9.17) is 11.6 Å². The van der Waals surface area contributed by atoms with Gasteiger partial charge in [0, 0.05) is 11.6 Å². The van der Waals surface area contributed by atoms with Gasteiger partial charge in [0.1, 0.15) is 11.6 Å². The number of ketones is 2. The molecule has 2 rings (SSSR count). The molecule has 0 aliphatic heterocycles. The molecule has 0 N–H and O–H groups in total. The van der Waals surface area contributed by atoms with E-state index in [1.165, 1.54) is 44.2 Å². The number of carbonyl (C=O) groups is 2. The molecule has 0 unspecified atom stereocenters. The van der Waals surface area contributed by atoms with Crippen LogP contribution in [0.25, 0.3) is 0 Å². The Balaban J connectivity index is 0.000000300. The topological polar surface area (TPSA) is 121 Å². The molecule has 0 saturated carbocycles.